The number of benzene rings is 1. The van der Waals surface area contributed by atoms with Crippen molar-refractivity contribution in [2.75, 3.05) is 38.2 Å². The fourth-order valence-corrected chi connectivity index (χ4v) is 4.48. The molecule has 1 amide bonds. The summed E-state index contributed by atoms with van der Waals surface area (Å²) < 4.78 is 11.8. The van der Waals surface area contributed by atoms with Crippen LogP contribution in [0.15, 0.2) is 24.3 Å². The normalized spacial score (nSPS) is 20.3. The van der Waals surface area contributed by atoms with Gasteiger partial charge < -0.3 is 19.7 Å². The van der Waals surface area contributed by atoms with E-state index >= 15 is 0 Å². The van der Waals surface area contributed by atoms with Gasteiger partial charge in [0.05, 0.1) is 6.61 Å². The molecule has 3 rings (SSSR count). The molecule has 5 nitrogen and oxygen atoms in total. The lowest BCUT2D eigenvalue weighted by molar-refractivity contribution is -0.145. The summed E-state index contributed by atoms with van der Waals surface area (Å²) in [5.41, 5.74) is 0.142. The van der Waals surface area contributed by atoms with Crippen molar-refractivity contribution in [3.05, 3.63) is 24.3 Å². The van der Waals surface area contributed by atoms with Gasteiger partial charge in [0.25, 0.3) is 5.91 Å². The SMILES string of the molecule is CCOC1(C(=O)Nc2ccc(OCCCN3CCC(C)CC3)cc2)CCCCC1. The molecular weight excluding hydrogens is 364 g/mol. The summed E-state index contributed by atoms with van der Waals surface area (Å²) in [5, 5.41) is 3.05. The third kappa shape index (κ3) is 6.45. The van der Waals surface area contributed by atoms with E-state index in [-0.39, 0.29) is 5.91 Å². The Bertz CT molecular complexity index is 612. The molecule has 2 fully saturated rings. The smallest absolute Gasteiger partial charge is 0.256 e. The van der Waals surface area contributed by atoms with Crippen LogP contribution in [-0.4, -0.2) is 49.3 Å². The van der Waals surface area contributed by atoms with E-state index < -0.39 is 5.60 Å². The molecule has 0 bridgehead atoms. The summed E-state index contributed by atoms with van der Waals surface area (Å²) in [7, 11) is 0. The molecule has 29 heavy (non-hydrogen) atoms. The van der Waals surface area contributed by atoms with Gasteiger partial charge >= 0.3 is 0 Å². The fourth-order valence-electron chi connectivity index (χ4n) is 4.48. The second-order valence-electron chi connectivity index (χ2n) is 8.69. The summed E-state index contributed by atoms with van der Waals surface area (Å²) in [4.78, 5) is 15.4. The van der Waals surface area contributed by atoms with E-state index in [4.69, 9.17) is 9.47 Å². The van der Waals surface area contributed by atoms with E-state index in [1.165, 1.54) is 32.4 Å². The van der Waals surface area contributed by atoms with Gasteiger partial charge in [0.2, 0.25) is 0 Å². The molecule has 0 atom stereocenters. The summed E-state index contributed by atoms with van der Waals surface area (Å²) in [6, 6.07) is 7.71. The van der Waals surface area contributed by atoms with Crippen molar-refractivity contribution >= 4 is 11.6 Å². The van der Waals surface area contributed by atoms with Crippen molar-refractivity contribution in [1.29, 1.82) is 0 Å². The van der Waals surface area contributed by atoms with Gasteiger partial charge in [-0.05, 0) is 82.3 Å². The predicted molar refractivity (Wildman–Crippen MR) is 117 cm³/mol. The van der Waals surface area contributed by atoms with E-state index in [0.717, 1.165) is 62.6 Å². The van der Waals surface area contributed by atoms with Crippen LogP contribution in [0.1, 0.15) is 65.2 Å². The maximum absolute atomic E-state index is 12.9. The molecule has 1 saturated heterocycles. The molecule has 1 aliphatic heterocycles. The molecule has 5 heteroatoms. The van der Waals surface area contributed by atoms with Crippen molar-refractivity contribution in [3.63, 3.8) is 0 Å². The quantitative estimate of drug-likeness (QED) is 0.599. The number of rotatable bonds is 9. The molecule has 1 saturated carbocycles. The van der Waals surface area contributed by atoms with Crippen LogP contribution >= 0.6 is 0 Å². The first kappa shape index (κ1) is 22.1. The van der Waals surface area contributed by atoms with Crippen LogP contribution in [0.25, 0.3) is 0 Å². The summed E-state index contributed by atoms with van der Waals surface area (Å²) in [5.74, 6) is 1.72. The molecule has 0 aromatic heterocycles. The Kier molecular flexibility index (Phi) is 8.37. The highest BCUT2D eigenvalue weighted by Crippen LogP contribution is 2.33. The molecule has 0 unspecified atom stereocenters. The highest BCUT2D eigenvalue weighted by atomic mass is 16.5. The minimum absolute atomic E-state index is 0.0106. The second-order valence-corrected chi connectivity index (χ2v) is 8.69. The zero-order chi connectivity index (χ0) is 20.5. The first-order chi connectivity index (χ1) is 14.1. The fraction of sp³-hybridized carbons (Fsp3) is 0.708. The van der Waals surface area contributed by atoms with Crippen LogP contribution in [0.3, 0.4) is 0 Å². The number of piperidine rings is 1. The third-order valence-electron chi connectivity index (χ3n) is 6.37. The van der Waals surface area contributed by atoms with Crippen molar-refractivity contribution < 1.29 is 14.3 Å². The maximum Gasteiger partial charge on any atom is 0.256 e. The largest absolute Gasteiger partial charge is 0.494 e. The van der Waals surface area contributed by atoms with Gasteiger partial charge in [-0.2, -0.15) is 0 Å². The number of amides is 1. The highest BCUT2D eigenvalue weighted by molar-refractivity contribution is 5.97. The Hall–Kier alpha value is -1.59. The molecule has 1 aromatic rings. The van der Waals surface area contributed by atoms with E-state index in [9.17, 15) is 4.79 Å². The molecular formula is C24H38N2O3. The topological polar surface area (TPSA) is 50.8 Å². The number of likely N-dealkylation sites (tertiary alicyclic amines) is 1. The van der Waals surface area contributed by atoms with Gasteiger partial charge in [-0.25, -0.2) is 0 Å². The van der Waals surface area contributed by atoms with Gasteiger partial charge in [0.15, 0.2) is 0 Å². The van der Waals surface area contributed by atoms with Crippen molar-refractivity contribution in [2.24, 2.45) is 5.92 Å². The first-order valence-corrected chi connectivity index (χ1v) is 11.5. The van der Waals surface area contributed by atoms with E-state index in [2.05, 4.69) is 17.1 Å². The third-order valence-corrected chi connectivity index (χ3v) is 6.37. The van der Waals surface area contributed by atoms with Gasteiger partial charge in [0.1, 0.15) is 11.4 Å². The number of hydrogen-bond donors (Lipinski definition) is 1. The number of hydrogen-bond acceptors (Lipinski definition) is 4. The van der Waals surface area contributed by atoms with Crippen LogP contribution in [0.4, 0.5) is 5.69 Å². The number of nitrogens with zero attached hydrogens (tertiary/aromatic N) is 1. The molecule has 1 aliphatic carbocycles. The summed E-state index contributed by atoms with van der Waals surface area (Å²) in [6.07, 6.45) is 8.59. The van der Waals surface area contributed by atoms with Crippen molar-refractivity contribution in [3.8, 4) is 5.75 Å². The molecule has 162 valence electrons. The zero-order valence-electron chi connectivity index (χ0n) is 18.3. The Morgan fingerprint density at radius 2 is 1.83 bits per heavy atom. The minimum atomic E-state index is -0.658. The second kappa shape index (κ2) is 11.0. The van der Waals surface area contributed by atoms with E-state index in [1.54, 1.807) is 0 Å². The van der Waals surface area contributed by atoms with Crippen LogP contribution in [0.5, 0.6) is 5.75 Å². The number of ether oxygens (including phenoxy) is 2. The number of anilines is 1. The van der Waals surface area contributed by atoms with Crippen LogP contribution in [0, 0.1) is 5.92 Å². The Morgan fingerprint density at radius 3 is 2.48 bits per heavy atom. The Morgan fingerprint density at radius 1 is 1.14 bits per heavy atom. The van der Waals surface area contributed by atoms with Crippen LogP contribution < -0.4 is 10.1 Å². The molecule has 1 aromatic carbocycles. The average Bonchev–Trinajstić information content (AvgIpc) is 2.74. The molecule has 2 aliphatic rings. The zero-order valence-corrected chi connectivity index (χ0v) is 18.3. The highest BCUT2D eigenvalue weighted by Gasteiger charge is 2.40. The van der Waals surface area contributed by atoms with Gasteiger partial charge in [-0.1, -0.05) is 26.2 Å². The molecule has 1 N–H and O–H groups in total. The van der Waals surface area contributed by atoms with Crippen LogP contribution in [-0.2, 0) is 9.53 Å². The minimum Gasteiger partial charge on any atom is -0.494 e. The van der Waals surface area contributed by atoms with Crippen molar-refractivity contribution in [2.45, 2.75) is 70.8 Å². The molecule has 1 heterocycles. The van der Waals surface area contributed by atoms with E-state index in [1.807, 2.05) is 31.2 Å². The summed E-state index contributed by atoms with van der Waals surface area (Å²) in [6.45, 7) is 9.15. The standard InChI is InChI=1S/C24H38N2O3/c1-3-29-24(14-5-4-6-15-24)23(27)25-21-8-10-22(11-9-21)28-19-7-16-26-17-12-20(2)13-18-26/h8-11,20H,3-7,12-19H2,1-2H3,(H,25,27). The number of nitrogens with one attached hydrogen (secondary N) is 1. The molecule has 0 radical (unpaired) electrons. The molecule has 0 spiro atoms. The van der Waals surface area contributed by atoms with Crippen molar-refractivity contribution in [1.82, 2.24) is 4.90 Å². The number of carbonyl (C=O) groups is 1. The first-order valence-electron chi connectivity index (χ1n) is 11.5. The van der Waals surface area contributed by atoms with Gasteiger partial charge in [-0.15, -0.1) is 0 Å². The lowest BCUT2D eigenvalue weighted by Crippen LogP contribution is -2.47. The van der Waals surface area contributed by atoms with Crippen LogP contribution in [0.2, 0.25) is 0 Å². The lowest BCUT2D eigenvalue weighted by Gasteiger charge is -2.35. The van der Waals surface area contributed by atoms with E-state index in [0.29, 0.717) is 6.61 Å². The lowest BCUT2D eigenvalue weighted by atomic mass is 9.83. The Labute approximate surface area is 176 Å². The maximum atomic E-state index is 12.9. The monoisotopic (exact) mass is 402 g/mol. The average molecular weight is 403 g/mol. The number of carbonyl (C=O) groups excluding carboxylic acids is 1. The summed E-state index contributed by atoms with van der Waals surface area (Å²) >= 11 is 0. The Balaban J connectivity index is 1.41. The van der Waals surface area contributed by atoms with Gasteiger partial charge in [-0.3, -0.25) is 4.79 Å². The van der Waals surface area contributed by atoms with Gasteiger partial charge in [0, 0.05) is 18.8 Å². The predicted octanol–water partition coefficient (Wildman–Crippen LogP) is 4.87.